The van der Waals surface area contributed by atoms with Crippen LogP contribution in [0.1, 0.15) is 43.0 Å². The van der Waals surface area contributed by atoms with Crippen LogP contribution < -0.4 is 5.32 Å². The molecule has 0 radical (unpaired) electrons. The number of hydrogen-bond acceptors (Lipinski definition) is 3. The summed E-state index contributed by atoms with van der Waals surface area (Å²) in [6.45, 7) is 3.68. The SMILES string of the molecule is CCCNC(=O)c1cccc(S(=O)(=O)N2CCCCC2)c1. The van der Waals surface area contributed by atoms with Crippen LogP contribution >= 0.6 is 0 Å². The fourth-order valence-electron chi connectivity index (χ4n) is 2.39. The minimum Gasteiger partial charge on any atom is -0.352 e. The summed E-state index contributed by atoms with van der Waals surface area (Å²) in [7, 11) is -3.49. The number of amides is 1. The highest BCUT2D eigenvalue weighted by Crippen LogP contribution is 2.21. The first-order valence-corrected chi connectivity index (χ1v) is 8.88. The molecule has 1 aliphatic heterocycles. The fraction of sp³-hybridized carbons (Fsp3) is 0.533. The zero-order chi connectivity index (χ0) is 15.3. The third-order valence-electron chi connectivity index (χ3n) is 3.58. The van der Waals surface area contributed by atoms with Gasteiger partial charge in [0.25, 0.3) is 5.91 Å². The van der Waals surface area contributed by atoms with E-state index in [1.807, 2.05) is 6.92 Å². The molecule has 0 saturated carbocycles. The molecule has 0 atom stereocenters. The van der Waals surface area contributed by atoms with Gasteiger partial charge >= 0.3 is 0 Å². The Morgan fingerprint density at radius 3 is 2.62 bits per heavy atom. The van der Waals surface area contributed by atoms with Crippen molar-refractivity contribution in [2.45, 2.75) is 37.5 Å². The summed E-state index contributed by atoms with van der Waals surface area (Å²) in [5, 5.41) is 2.76. The Labute approximate surface area is 126 Å². The molecular weight excluding hydrogens is 288 g/mol. The van der Waals surface area contributed by atoms with Crippen molar-refractivity contribution in [2.75, 3.05) is 19.6 Å². The molecule has 0 bridgehead atoms. The predicted octanol–water partition coefficient (Wildman–Crippen LogP) is 2.00. The van der Waals surface area contributed by atoms with Crippen molar-refractivity contribution in [3.8, 4) is 0 Å². The Balaban J connectivity index is 2.21. The molecule has 21 heavy (non-hydrogen) atoms. The average Bonchev–Trinajstić information content (AvgIpc) is 2.53. The number of piperidine rings is 1. The Kier molecular flexibility index (Phi) is 5.36. The summed E-state index contributed by atoms with van der Waals surface area (Å²) in [6, 6.07) is 6.29. The topological polar surface area (TPSA) is 66.5 Å². The number of carbonyl (C=O) groups is 1. The lowest BCUT2D eigenvalue weighted by Crippen LogP contribution is -2.35. The lowest BCUT2D eigenvalue weighted by atomic mass is 10.2. The zero-order valence-corrected chi connectivity index (χ0v) is 13.2. The van der Waals surface area contributed by atoms with Crippen molar-refractivity contribution >= 4 is 15.9 Å². The summed E-state index contributed by atoms with van der Waals surface area (Å²) in [6.07, 6.45) is 3.72. The van der Waals surface area contributed by atoms with E-state index >= 15 is 0 Å². The summed E-state index contributed by atoms with van der Waals surface area (Å²) in [5.41, 5.74) is 0.390. The summed E-state index contributed by atoms with van der Waals surface area (Å²) in [4.78, 5) is 12.1. The van der Waals surface area contributed by atoms with Crippen molar-refractivity contribution in [3.05, 3.63) is 29.8 Å². The maximum atomic E-state index is 12.6. The molecule has 2 rings (SSSR count). The molecule has 1 aromatic rings. The van der Waals surface area contributed by atoms with E-state index in [2.05, 4.69) is 5.32 Å². The number of rotatable bonds is 5. The van der Waals surface area contributed by atoms with E-state index in [1.165, 1.54) is 10.4 Å². The van der Waals surface area contributed by atoms with E-state index in [9.17, 15) is 13.2 Å². The van der Waals surface area contributed by atoms with Crippen molar-refractivity contribution in [1.29, 1.82) is 0 Å². The molecule has 6 heteroatoms. The van der Waals surface area contributed by atoms with Gasteiger partial charge in [0.15, 0.2) is 0 Å². The maximum Gasteiger partial charge on any atom is 0.251 e. The Bertz CT molecular complexity index is 593. The molecule has 0 unspecified atom stereocenters. The largest absolute Gasteiger partial charge is 0.352 e. The van der Waals surface area contributed by atoms with Crippen LogP contribution in [0.25, 0.3) is 0 Å². The van der Waals surface area contributed by atoms with Gasteiger partial charge in [-0.2, -0.15) is 4.31 Å². The van der Waals surface area contributed by atoms with Crippen LogP contribution in [-0.4, -0.2) is 38.3 Å². The highest BCUT2D eigenvalue weighted by Gasteiger charge is 2.26. The summed E-state index contributed by atoms with van der Waals surface area (Å²) >= 11 is 0. The third kappa shape index (κ3) is 3.83. The van der Waals surface area contributed by atoms with E-state index in [1.54, 1.807) is 18.2 Å². The van der Waals surface area contributed by atoms with E-state index < -0.39 is 10.0 Å². The lowest BCUT2D eigenvalue weighted by Gasteiger charge is -2.26. The number of nitrogens with zero attached hydrogens (tertiary/aromatic N) is 1. The molecule has 0 aromatic heterocycles. The van der Waals surface area contributed by atoms with Gasteiger partial charge in [0.1, 0.15) is 0 Å². The van der Waals surface area contributed by atoms with Crippen molar-refractivity contribution in [2.24, 2.45) is 0 Å². The van der Waals surface area contributed by atoms with Gasteiger partial charge in [0.2, 0.25) is 10.0 Å². The van der Waals surface area contributed by atoms with Crippen LogP contribution in [0.4, 0.5) is 0 Å². The molecule has 1 saturated heterocycles. The summed E-state index contributed by atoms with van der Waals surface area (Å²) < 4.78 is 26.7. The second-order valence-electron chi connectivity index (χ2n) is 5.25. The molecule has 5 nitrogen and oxygen atoms in total. The van der Waals surface area contributed by atoms with Gasteiger partial charge in [0.05, 0.1) is 4.90 Å². The quantitative estimate of drug-likeness (QED) is 0.904. The number of sulfonamides is 1. The Hall–Kier alpha value is -1.40. The van der Waals surface area contributed by atoms with Crippen LogP contribution in [-0.2, 0) is 10.0 Å². The first-order chi connectivity index (χ1) is 10.1. The van der Waals surface area contributed by atoms with Crippen molar-refractivity contribution in [1.82, 2.24) is 9.62 Å². The van der Waals surface area contributed by atoms with Crippen LogP contribution in [0.5, 0.6) is 0 Å². The number of benzene rings is 1. The fourth-order valence-corrected chi connectivity index (χ4v) is 3.96. The maximum absolute atomic E-state index is 12.6. The second kappa shape index (κ2) is 7.04. The first-order valence-electron chi connectivity index (χ1n) is 7.44. The Morgan fingerprint density at radius 1 is 1.24 bits per heavy atom. The highest BCUT2D eigenvalue weighted by molar-refractivity contribution is 7.89. The first kappa shape index (κ1) is 16.0. The van der Waals surface area contributed by atoms with Crippen molar-refractivity contribution in [3.63, 3.8) is 0 Å². The van der Waals surface area contributed by atoms with Gasteiger partial charge in [-0.1, -0.05) is 19.4 Å². The molecule has 116 valence electrons. The minimum absolute atomic E-state index is 0.202. The molecule has 1 N–H and O–H groups in total. The van der Waals surface area contributed by atoms with Crippen LogP contribution in [0, 0.1) is 0 Å². The van der Waals surface area contributed by atoms with Gasteiger partial charge in [-0.3, -0.25) is 4.79 Å². The highest BCUT2D eigenvalue weighted by atomic mass is 32.2. The van der Waals surface area contributed by atoms with Gasteiger partial charge in [-0.25, -0.2) is 8.42 Å². The summed E-state index contributed by atoms with van der Waals surface area (Å²) in [5.74, 6) is -0.229. The molecule has 1 aliphatic rings. The average molecular weight is 310 g/mol. The normalized spacial score (nSPS) is 16.6. The van der Waals surface area contributed by atoms with Gasteiger partial charge in [-0.05, 0) is 37.5 Å². The van der Waals surface area contributed by atoms with Gasteiger partial charge in [-0.15, -0.1) is 0 Å². The lowest BCUT2D eigenvalue weighted by molar-refractivity contribution is 0.0953. The Morgan fingerprint density at radius 2 is 1.95 bits per heavy atom. The number of carbonyl (C=O) groups excluding carboxylic acids is 1. The minimum atomic E-state index is -3.49. The number of nitrogens with one attached hydrogen (secondary N) is 1. The van der Waals surface area contributed by atoms with Gasteiger partial charge < -0.3 is 5.32 Å². The zero-order valence-electron chi connectivity index (χ0n) is 12.3. The second-order valence-corrected chi connectivity index (χ2v) is 7.19. The third-order valence-corrected chi connectivity index (χ3v) is 5.48. The molecule has 0 spiro atoms. The van der Waals surface area contributed by atoms with E-state index in [4.69, 9.17) is 0 Å². The predicted molar refractivity (Wildman–Crippen MR) is 81.7 cm³/mol. The molecular formula is C15H22N2O3S. The standard InChI is InChI=1S/C15H22N2O3S/c1-2-9-16-15(18)13-7-6-8-14(12-13)21(19,20)17-10-4-3-5-11-17/h6-8,12H,2-5,9-11H2,1H3,(H,16,18). The number of hydrogen-bond donors (Lipinski definition) is 1. The molecule has 1 amide bonds. The molecule has 1 heterocycles. The molecule has 1 aromatic carbocycles. The molecule has 1 fully saturated rings. The smallest absolute Gasteiger partial charge is 0.251 e. The van der Waals surface area contributed by atoms with E-state index in [0.29, 0.717) is 25.2 Å². The van der Waals surface area contributed by atoms with Crippen LogP contribution in [0.2, 0.25) is 0 Å². The van der Waals surface area contributed by atoms with Crippen LogP contribution in [0.3, 0.4) is 0 Å². The van der Waals surface area contributed by atoms with Crippen molar-refractivity contribution < 1.29 is 13.2 Å². The van der Waals surface area contributed by atoms with Gasteiger partial charge in [0, 0.05) is 25.2 Å². The van der Waals surface area contributed by atoms with Crippen LogP contribution in [0.15, 0.2) is 29.2 Å². The monoisotopic (exact) mass is 310 g/mol. The van der Waals surface area contributed by atoms with E-state index in [-0.39, 0.29) is 10.8 Å². The molecule has 0 aliphatic carbocycles. The van der Waals surface area contributed by atoms with E-state index in [0.717, 1.165) is 25.7 Å².